The standard InChI is InChI=1S/C24H26ClN3O4/c1-14(2)32-12-4-11-28-23(15-5-8-17(31-3)9-6-15)20-21(26-27-22(20)24(28)30)18-13-16(25)7-10-19(18)29/h5-10,13-14,23,29H,4,11-12H2,1-3H3,(H,26,27). The molecule has 0 bridgehead atoms. The van der Waals surface area contributed by atoms with Gasteiger partial charge >= 0.3 is 0 Å². The Balaban J connectivity index is 1.76. The highest BCUT2D eigenvalue weighted by atomic mass is 35.5. The molecule has 0 saturated heterocycles. The lowest BCUT2D eigenvalue weighted by Gasteiger charge is -2.26. The van der Waals surface area contributed by atoms with Gasteiger partial charge in [-0.1, -0.05) is 23.7 Å². The number of halogens is 1. The molecule has 32 heavy (non-hydrogen) atoms. The number of aromatic amines is 1. The highest BCUT2D eigenvalue weighted by Crippen LogP contribution is 2.45. The molecule has 1 aliphatic heterocycles. The van der Waals surface area contributed by atoms with Gasteiger partial charge in [-0.3, -0.25) is 9.89 Å². The number of methoxy groups -OCH3 is 1. The van der Waals surface area contributed by atoms with Gasteiger partial charge in [-0.2, -0.15) is 5.10 Å². The van der Waals surface area contributed by atoms with Crippen molar-refractivity contribution in [2.24, 2.45) is 0 Å². The molecule has 1 aromatic heterocycles. The molecule has 2 N–H and O–H groups in total. The summed E-state index contributed by atoms with van der Waals surface area (Å²) in [6.45, 7) is 5.05. The molecule has 168 valence electrons. The van der Waals surface area contributed by atoms with Crippen LogP contribution in [0.25, 0.3) is 11.3 Å². The van der Waals surface area contributed by atoms with Crippen LogP contribution in [-0.2, 0) is 4.74 Å². The Hall–Kier alpha value is -3.03. The zero-order chi connectivity index (χ0) is 22.8. The van der Waals surface area contributed by atoms with E-state index in [-0.39, 0.29) is 23.8 Å². The van der Waals surface area contributed by atoms with Gasteiger partial charge in [0.25, 0.3) is 5.91 Å². The predicted octanol–water partition coefficient (Wildman–Crippen LogP) is 4.80. The molecule has 0 spiro atoms. The van der Waals surface area contributed by atoms with Gasteiger partial charge < -0.3 is 19.5 Å². The molecular formula is C24H26ClN3O4. The largest absolute Gasteiger partial charge is 0.507 e. The second kappa shape index (κ2) is 9.22. The number of aromatic hydroxyl groups is 1. The first-order chi connectivity index (χ1) is 15.4. The van der Waals surface area contributed by atoms with Gasteiger partial charge in [-0.25, -0.2) is 0 Å². The molecular weight excluding hydrogens is 430 g/mol. The first-order valence-electron chi connectivity index (χ1n) is 10.5. The maximum Gasteiger partial charge on any atom is 0.273 e. The van der Waals surface area contributed by atoms with E-state index in [1.54, 1.807) is 19.2 Å². The number of nitrogens with one attached hydrogen (secondary N) is 1. The fourth-order valence-electron chi connectivity index (χ4n) is 4.02. The van der Waals surface area contributed by atoms with Gasteiger partial charge in [0.2, 0.25) is 0 Å². The van der Waals surface area contributed by atoms with E-state index in [0.717, 1.165) is 16.9 Å². The van der Waals surface area contributed by atoms with Crippen LogP contribution in [-0.4, -0.2) is 52.5 Å². The van der Waals surface area contributed by atoms with E-state index in [2.05, 4.69) is 10.2 Å². The third-order valence-corrected chi connectivity index (χ3v) is 5.74. The van der Waals surface area contributed by atoms with Crippen molar-refractivity contribution in [1.82, 2.24) is 15.1 Å². The summed E-state index contributed by atoms with van der Waals surface area (Å²) in [5.74, 6) is 0.647. The molecule has 1 atom stereocenters. The van der Waals surface area contributed by atoms with Crippen LogP contribution < -0.4 is 4.74 Å². The maximum atomic E-state index is 13.3. The first kappa shape index (κ1) is 22.2. The fraction of sp³-hybridized carbons (Fsp3) is 0.333. The van der Waals surface area contributed by atoms with Gasteiger partial charge in [0.05, 0.1) is 19.3 Å². The molecule has 1 unspecified atom stereocenters. The normalized spacial score (nSPS) is 15.5. The summed E-state index contributed by atoms with van der Waals surface area (Å²) >= 11 is 6.18. The zero-order valence-corrected chi connectivity index (χ0v) is 19.0. The lowest BCUT2D eigenvalue weighted by atomic mass is 9.95. The van der Waals surface area contributed by atoms with Crippen LogP contribution in [0.4, 0.5) is 0 Å². The van der Waals surface area contributed by atoms with Crippen LogP contribution in [0.2, 0.25) is 5.02 Å². The van der Waals surface area contributed by atoms with E-state index in [4.69, 9.17) is 21.1 Å². The van der Waals surface area contributed by atoms with Crippen molar-refractivity contribution < 1.29 is 19.4 Å². The van der Waals surface area contributed by atoms with Gasteiger partial charge in [-0.15, -0.1) is 0 Å². The monoisotopic (exact) mass is 455 g/mol. The zero-order valence-electron chi connectivity index (χ0n) is 18.3. The molecule has 4 rings (SSSR count). The Morgan fingerprint density at radius 1 is 1.22 bits per heavy atom. The number of hydrogen-bond acceptors (Lipinski definition) is 5. The van der Waals surface area contributed by atoms with E-state index in [1.807, 2.05) is 43.0 Å². The van der Waals surface area contributed by atoms with E-state index in [1.165, 1.54) is 6.07 Å². The molecule has 3 aromatic rings. The molecule has 2 heterocycles. The van der Waals surface area contributed by atoms with Gasteiger partial charge in [0, 0.05) is 29.3 Å². The minimum absolute atomic E-state index is 0.0495. The number of hydrogen-bond donors (Lipinski definition) is 2. The highest BCUT2D eigenvalue weighted by Gasteiger charge is 2.42. The predicted molar refractivity (Wildman–Crippen MR) is 122 cm³/mol. The minimum atomic E-state index is -0.366. The van der Waals surface area contributed by atoms with Crippen LogP contribution in [0.5, 0.6) is 11.5 Å². The molecule has 1 amide bonds. The molecule has 2 aromatic carbocycles. The number of benzene rings is 2. The summed E-state index contributed by atoms with van der Waals surface area (Å²) < 4.78 is 11.0. The number of aromatic nitrogens is 2. The van der Waals surface area contributed by atoms with Crippen molar-refractivity contribution in [2.45, 2.75) is 32.4 Å². The van der Waals surface area contributed by atoms with Crippen molar-refractivity contribution in [3.63, 3.8) is 0 Å². The average molecular weight is 456 g/mol. The van der Waals surface area contributed by atoms with Gasteiger partial charge in [0.15, 0.2) is 0 Å². The topological polar surface area (TPSA) is 87.7 Å². The van der Waals surface area contributed by atoms with Crippen LogP contribution in [0.3, 0.4) is 0 Å². The molecule has 0 fully saturated rings. The van der Waals surface area contributed by atoms with Crippen molar-refractivity contribution in [2.75, 3.05) is 20.3 Å². The smallest absolute Gasteiger partial charge is 0.273 e. The number of phenolic OH excluding ortho intramolecular Hbond substituents is 1. The maximum absolute atomic E-state index is 13.3. The molecule has 0 aliphatic carbocycles. The Kier molecular flexibility index (Phi) is 6.39. The van der Waals surface area contributed by atoms with Gasteiger partial charge in [-0.05, 0) is 56.2 Å². The lowest BCUT2D eigenvalue weighted by molar-refractivity contribution is 0.0601. The summed E-state index contributed by atoms with van der Waals surface area (Å²) in [6.07, 6.45) is 0.836. The Morgan fingerprint density at radius 2 is 1.97 bits per heavy atom. The number of H-pyrrole nitrogens is 1. The second-order valence-corrected chi connectivity index (χ2v) is 8.41. The second-order valence-electron chi connectivity index (χ2n) is 7.97. The van der Waals surface area contributed by atoms with Crippen LogP contribution in [0, 0.1) is 0 Å². The van der Waals surface area contributed by atoms with E-state index in [9.17, 15) is 9.90 Å². The molecule has 0 radical (unpaired) electrons. The van der Waals surface area contributed by atoms with E-state index < -0.39 is 0 Å². The number of carbonyl (C=O) groups is 1. The number of ether oxygens (including phenoxy) is 2. The summed E-state index contributed by atoms with van der Waals surface area (Å²) in [4.78, 5) is 15.1. The van der Waals surface area contributed by atoms with E-state index in [0.29, 0.717) is 41.5 Å². The van der Waals surface area contributed by atoms with Crippen molar-refractivity contribution in [1.29, 1.82) is 0 Å². The van der Waals surface area contributed by atoms with Gasteiger partial charge in [0.1, 0.15) is 22.9 Å². The Labute approximate surface area is 191 Å². The van der Waals surface area contributed by atoms with Crippen LogP contribution in [0.1, 0.15) is 47.9 Å². The molecule has 8 heteroatoms. The third-order valence-electron chi connectivity index (χ3n) is 5.50. The number of phenols is 1. The average Bonchev–Trinajstić information content (AvgIpc) is 3.32. The summed E-state index contributed by atoms with van der Waals surface area (Å²) in [5.41, 5.74) is 3.06. The molecule has 0 saturated carbocycles. The Bertz CT molecular complexity index is 1110. The highest BCUT2D eigenvalue weighted by molar-refractivity contribution is 6.31. The number of fused-ring (bicyclic) bond motifs is 1. The number of nitrogens with zero attached hydrogens (tertiary/aromatic N) is 2. The SMILES string of the molecule is COc1ccc(C2c3c(-c4cc(Cl)ccc4O)n[nH]c3C(=O)N2CCCOC(C)C)cc1. The van der Waals surface area contributed by atoms with E-state index >= 15 is 0 Å². The van der Waals surface area contributed by atoms with Crippen molar-refractivity contribution in [3.8, 4) is 22.8 Å². The third kappa shape index (κ3) is 4.18. The molecule has 1 aliphatic rings. The summed E-state index contributed by atoms with van der Waals surface area (Å²) in [5, 5.41) is 18.2. The molecule has 7 nitrogen and oxygen atoms in total. The summed E-state index contributed by atoms with van der Waals surface area (Å²) in [7, 11) is 1.61. The number of carbonyl (C=O) groups excluding carboxylic acids is 1. The lowest BCUT2D eigenvalue weighted by Crippen LogP contribution is -2.31. The fourth-order valence-corrected chi connectivity index (χ4v) is 4.19. The van der Waals surface area contributed by atoms with Crippen LogP contribution >= 0.6 is 11.6 Å². The Morgan fingerprint density at radius 3 is 2.66 bits per heavy atom. The minimum Gasteiger partial charge on any atom is -0.507 e. The van der Waals surface area contributed by atoms with Crippen molar-refractivity contribution >= 4 is 17.5 Å². The number of amides is 1. The number of rotatable bonds is 8. The summed E-state index contributed by atoms with van der Waals surface area (Å²) in [6, 6.07) is 12.1. The van der Waals surface area contributed by atoms with Crippen LogP contribution in [0.15, 0.2) is 42.5 Å². The van der Waals surface area contributed by atoms with Crippen molar-refractivity contribution in [3.05, 3.63) is 64.3 Å². The quantitative estimate of drug-likeness (QED) is 0.476. The first-order valence-corrected chi connectivity index (χ1v) is 10.9.